The molecule has 0 saturated carbocycles. The van der Waals surface area contributed by atoms with Crippen molar-refractivity contribution in [1.29, 1.82) is 0 Å². The summed E-state index contributed by atoms with van der Waals surface area (Å²) in [6, 6.07) is 0.785. The van der Waals surface area contributed by atoms with Gasteiger partial charge in [0.1, 0.15) is 21.2 Å². The number of hydrogen-bond donors (Lipinski definition) is 1. The molecule has 2 rings (SSSR count). The topological polar surface area (TPSA) is 77.9 Å². The van der Waals surface area contributed by atoms with Crippen LogP contribution in [0.2, 0.25) is 0 Å². The van der Waals surface area contributed by atoms with Crippen molar-refractivity contribution < 1.29 is 18.9 Å². The van der Waals surface area contributed by atoms with Crippen LogP contribution in [0.5, 0.6) is 0 Å². The molecule has 1 saturated heterocycles. The minimum absolute atomic E-state index is 0.0201. The summed E-state index contributed by atoms with van der Waals surface area (Å²) in [5.74, 6) is -1.47. The van der Waals surface area contributed by atoms with Crippen LogP contribution in [-0.2, 0) is 20.6 Å². The van der Waals surface area contributed by atoms with Gasteiger partial charge in [-0.3, -0.25) is 4.79 Å². The van der Waals surface area contributed by atoms with Crippen molar-refractivity contribution in [2.24, 2.45) is 0 Å². The largest absolute Gasteiger partial charge is 0.480 e. The van der Waals surface area contributed by atoms with Crippen LogP contribution in [0, 0.1) is 6.92 Å². The number of carboxylic acids is 1. The highest BCUT2D eigenvalue weighted by atomic mass is 35.5. The van der Waals surface area contributed by atoms with Gasteiger partial charge in [-0.1, -0.05) is 24.6 Å². The van der Waals surface area contributed by atoms with Crippen molar-refractivity contribution in [3.8, 4) is 0 Å². The molecule has 2 atom stereocenters. The highest BCUT2D eigenvalue weighted by Crippen LogP contribution is 2.30. The maximum atomic E-state index is 12.9. The molecule has 0 radical (unpaired) electrons. The lowest BCUT2D eigenvalue weighted by Gasteiger charge is -2.35. The lowest BCUT2D eigenvalue weighted by Crippen LogP contribution is -2.57. The molecule has 0 aromatic carbocycles. The number of hydrogen-bond acceptors (Lipinski definition) is 4. The van der Waals surface area contributed by atoms with E-state index in [1.807, 2.05) is 32.1 Å². The fourth-order valence-corrected chi connectivity index (χ4v) is 5.44. The molecule has 1 aromatic heterocycles. The molecule has 0 spiro atoms. The molecular weight excluding hydrogens is 396 g/mol. The molecule has 9 heteroatoms. The average Bonchev–Trinajstić information content (AvgIpc) is 2.95. The number of rotatable bonds is 6. The fourth-order valence-electron chi connectivity index (χ4n) is 2.41. The summed E-state index contributed by atoms with van der Waals surface area (Å²) in [5, 5.41) is 9.85. The molecule has 1 fully saturated rings. The molecule has 2 heterocycles. The van der Waals surface area contributed by atoms with Crippen molar-refractivity contribution in [2.45, 2.75) is 30.5 Å². The Bertz CT molecular complexity index is 788. The van der Waals surface area contributed by atoms with E-state index < -0.39 is 23.0 Å². The van der Waals surface area contributed by atoms with Crippen molar-refractivity contribution in [1.82, 2.24) is 9.21 Å². The van der Waals surface area contributed by atoms with E-state index in [4.69, 9.17) is 11.6 Å². The Balaban J connectivity index is 2.22. The van der Waals surface area contributed by atoms with E-state index in [0.29, 0.717) is 9.24 Å². The summed E-state index contributed by atoms with van der Waals surface area (Å²) in [6.07, 6.45) is 6.45. The van der Waals surface area contributed by atoms with Gasteiger partial charge in [0.05, 0.1) is 6.54 Å². The summed E-state index contributed by atoms with van der Waals surface area (Å²) in [6.45, 7) is 3.85. The van der Waals surface area contributed by atoms with Gasteiger partial charge >= 0.3 is 5.97 Å². The third-order valence-electron chi connectivity index (χ3n) is 3.96. The van der Waals surface area contributed by atoms with E-state index in [1.165, 1.54) is 27.6 Å². The normalized spacial score (nSPS) is 20.8. The van der Waals surface area contributed by atoms with Crippen LogP contribution in [-0.4, -0.2) is 56.6 Å². The number of likely N-dealkylation sites (N-methyl/N-ethyl adjacent to an activating group) is 1. The summed E-state index contributed by atoms with van der Waals surface area (Å²) >= 11 is 7.50. The molecular formula is C17H21ClN2O4S2. The Morgan fingerprint density at radius 3 is 2.85 bits per heavy atom. The molecule has 1 N–H and O–H groups in total. The number of piperazine rings is 1. The Kier molecular flexibility index (Phi) is 7.16. The Hall–Kier alpha value is -1.48. The molecule has 6 nitrogen and oxygen atoms in total. The Labute approximate surface area is 164 Å². The molecule has 1 aliphatic rings. The summed E-state index contributed by atoms with van der Waals surface area (Å²) in [4.78, 5) is 25.4. The average molecular weight is 417 g/mol. The van der Waals surface area contributed by atoms with Gasteiger partial charge in [0, 0.05) is 23.5 Å². The number of carbonyl (C=O) groups excluding carboxylic acids is 1. The zero-order chi connectivity index (χ0) is 19.4. The number of carbonyl (C=O) groups is 2. The first-order valence-electron chi connectivity index (χ1n) is 8.04. The van der Waals surface area contributed by atoms with Crippen LogP contribution in [0.3, 0.4) is 0 Å². The molecule has 142 valence electrons. The number of carboxylic acid groups (broad SMARTS) is 1. The minimum Gasteiger partial charge on any atom is -0.480 e. The van der Waals surface area contributed by atoms with Gasteiger partial charge in [0.25, 0.3) is 0 Å². The highest BCUT2D eigenvalue weighted by molar-refractivity contribution is 7.85. The number of aliphatic carboxylic acids is 1. The van der Waals surface area contributed by atoms with E-state index >= 15 is 0 Å². The third-order valence-corrected chi connectivity index (χ3v) is 7.06. The van der Waals surface area contributed by atoms with E-state index in [9.17, 15) is 18.9 Å². The Morgan fingerprint density at radius 2 is 2.23 bits per heavy atom. The molecule has 1 amide bonds. The van der Waals surface area contributed by atoms with Crippen LogP contribution in [0.15, 0.2) is 27.5 Å². The van der Waals surface area contributed by atoms with Crippen molar-refractivity contribution in [3.63, 3.8) is 0 Å². The van der Waals surface area contributed by atoms with E-state index in [1.54, 1.807) is 6.07 Å². The first kappa shape index (κ1) is 20.8. The van der Waals surface area contributed by atoms with Crippen LogP contribution < -0.4 is 0 Å². The van der Waals surface area contributed by atoms with Crippen molar-refractivity contribution >= 4 is 51.9 Å². The second-order valence-electron chi connectivity index (χ2n) is 5.88. The van der Waals surface area contributed by atoms with Gasteiger partial charge in [-0.25, -0.2) is 13.3 Å². The molecule has 1 aromatic rings. The predicted molar refractivity (Wildman–Crippen MR) is 104 cm³/mol. The molecule has 0 aliphatic carbocycles. The molecule has 0 bridgehead atoms. The van der Waals surface area contributed by atoms with E-state index in [0.717, 1.165) is 16.9 Å². The summed E-state index contributed by atoms with van der Waals surface area (Å²) in [5.41, 5.74) is 0.927. The van der Waals surface area contributed by atoms with E-state index in [2.05, 4.69) is 0 Å². The number of allylic oxidation sites excluding steroid dienone is 3. The minimum atomic E-state index is -1.60. The van der Waals surface area contributed by atoms with Crippen LogP contribution in [0.25, 0.3) is 6.08 Å². The zero-order valence-electron chi connectivity index (χ0n) is 14.8. The lowest BCUT2D eigenvalue weighted by atomic mass is 10.2. The fraction of sp³-hybridized carbons (Fsp3) is 0.412. The zero-order valence-corrected chi connectivity index (χ0v) is 17.2. The first-order chi connectivity index (χ1) is 12.2. The van der Waals surface area contributed by atoms with Gasteiger partial charge in [-0.05, 0) is 37.1 Å². The second-order valence-corrected chi connectivity index (χ2v) is 9.12. The van der Waals surface area contributed by atoms with Gasteiger partial charge in [0.15, 0.2) is 0 Å². The highest BCUT2D eigenvalue weighted by Gasteiger charge is 2.37. The Morgan fingerprint density at radius 1 is 1.54 bits per heavy atom. The van der Waals surface area contributed by atoms with Gasteiger partial charge < -0.3 is 10.0 Å². The van der Waals surface area contributed by atoms with Gasteiger partial charge in [-0.15, -0.1) is 11.3 Å². The maximum absolute atomic E-state index is 12.9. The van der Waals surface area contributed by atoms with Crippen molar-refractivity contribution in [3.05, 3.63) is 33.7 Å². The number of halogens is 1. The quantitative estimate of drug-likeness (QED) is 0.723. The monoisotopic (exact) mass is 416 g/mol. The SMILES string of the molecule is CC/C=C\C(Cl)=C/c1sc(S(=O)N2CC(=O)N(C)C(C(=O)O)C2)cc1C. The number of amides is 1. The van der Waals surface area contributed by atoms with Gasteiger partial charge in [0.2, 0.25) is 5.91 Å². The van der Waals surface area contributed by atoms with Gasteiger partial charge in [-0.2, -0.15) is 0 Å². The predicted octanol–water partition coefficient (Wildman–Crippen LogP) is 2.85. The number of nitrogens with zero attached hydrogens (tertiary/aromatic N) is 2. The molecule has 26 heavy (non-hydrogen) atoms. The molecule has 1 aliphatic heterocycles. The smallest absolute Gasteiger partial charge is 0.327 e. The standard InChI is InChI=1S/C17H21ClN2O4S2/c1-4-5-6-12(18)8-14-11(2)7-16(25-14)26(24)20-9-13(17(22)23)19(3)15(21)10-20/h5-8,13H,4,9-10H2,1-3H3,(H,22,23)/b6-5-,12-8+. The van der Waals surface area contributed by atoms with E-state index in [-0.39, 0.29) is 19.0 Å². The molecule has 2 unspecified atom stereocenters. The number of aryl methyl sites for hydroxylation is 1. The lowest BCUT2D eigenvalue weighted by molar-refractivity contribution is -0.152. The van der Waals surface area contributed by atoms with Crippen LogP contribution >= 0.6 is 22.9 Å². The summed E-state index contributed by atoms with van der Waals surface area (Å²) < 4.78 is 14.8. The summed E-state index contributed by atoms with van der Waals surface area (Å²) in [7, 11) is -0.152. The maximum Gasteiger partial charge on any atom is 0.327 e. The van der Waals surface area contributed by atoms with Crippen molar-refractivity contribution in [2.75, 3.05) is 20.1 Å². The third kappa shape index (κ3) is 4.82. The van der Waals surface area contributed by atoms with Crippen LogP contribution in [0.1, 0.15) is 23.8 Å². The second kappa shape index (κ2) is 8.94. The first-order valence-corrected chi connectivity index (χ1v) is 10.3. The number of thiophene rings is 1. The van der Waals surface area contributed by atoms with Crippen LogP contribution in [0.4, 0.5) is 0 Å².